The quantitative estimate of drug-likeness (QED) is 0.863. The summed E-state index contributed by atoms with van der Waals surface area (Å²) in [5, 5.41) is 0. The number of aryl methyl sites for hydroxylation is 2. The van der Waals surface area contributed by atoms with Crippen LogP contribution in [0.4, 0.5) is 5.69 Å². The van der Waals surface area contributed by atoms with E-state index in [9.17, 15) is 8.42 Å². The van der Waals surface area contributed by atoms with Crippen molar-refractivity contribution in [1.29, 1.82) is 0 Å². The summed E-state index contributed by atoms with van der Waals surface area (Å²) >= 11 is 0. The summed E-state index contributed by atoms with van der Waals surface area (Å²) in [5.41, 5.74) is 8.42. The van der Waals surface area contributed by atoms with E-state index in [2.05, 4.69) is 0 Å². The van der Waals surface area contributed by atoms with Crippen molar-refractivity contribution >= 4 is 15.5 Å². The summed E-state index contributed by atoms with van der Waals surface area (Å²) in [6, 6.07) is 3.68. The molecule has 0 saturated carbocycles. The second-order valence-corrected chi connectivity index (χ2v) is 8.62. The molecule has 0 amide bonds. The smallest absolute Gasteiger partial charge is 0.158 e. The van der Waals surface area contributed by atoms with E-state index in [1.165, 1.54) is 0 Å². The lowest BCUT2D eigenvalue weighted by Gasteiger charge is -2.19. The highest BCUT2D eigenvalue weighted by atomic mass is 32.2. The van der Waals surface area contributed by atoms with E-state index < -0.39 is 14.6 Å². The molecule has 1 aromatic carbocycles. The molecule has 0 aliphatic carbocycles. The molecule has 0 aliphatic rings. The van der Waals surface area contributed by atoms with Crippen LogP contribution in [0.2, 0.25) is 0 Å². The molecule has 0 heterocycles. The summed E-state index contributed by atoms with van der Waals surface area (Å²) < 4.78 is 28.7. The van der Waals surface area contributed by atoms with Crippen LogP contribution in [-0.4, -0.2) is 25.5 Å². The van der Waals surface area contributed by atoms with E-state index in [1.54, 1.807) is 26.8 Å². The SMILES string of the molecule is Cc1cc(C)c(OCCS(=O)(=O)C(C)(C)C)cc1N. The fourth-order valence-electron chi connectivity index (χ4n) is 1.57. The van der Waals surface area contributed by atoms with Crippen LogP contribution in [0.25, 0.3) is 0 Å². The van der Waals surface area contributed by atoms with Crippen LogP contribution in [0, 0.1) is 13.8 Å². The number of benzene rings is 1. The zero-order valence-electron chi connectivity index (χ0n) is 12.3. The molecule has 1 rings (SSSR count). The van der Waals surface area contributed by atoms with Gasteiger partial charge in [-0.15, -0.1) is 0 Å². The Labute approximate surface area is 115 Å². The topological polar surface area (TPSA) is 69.4 Å². The Morgan fingerprint density at radius 3 is 2.26 bits per heavy atom. The third-order valence-electron chi connectivity index (χ3n) is 3.11. The minimum atomic E-state index is -3.16. The molecule has 0 aliphatic heterocycles. The predicted molar refractivity (Wildman–Crippen MR) is 79.4 cm³/mol. The number of hydrogen-bond acceptors (Lipinski definition) is 4. The van der Waals surface area contributed by atoms with Gasteiger partial charge in [0.05, 0.1) is 10.5 Å². The van der Waals surface area contributed by atoms with E-state index in [1.807, 2.05) is 19.9 Å². The lowest BCUT2D eigenvalue weighted by Crippen LogP contribution is -2.32. The van der Waals surface area contributed by atoms with Gasteiger partial charge in [-0.2, -0.15) is 0 Å². The van der Waals surface area contributed by atoms with Crippen LogP contribution < -0.4 is 10.5 Å². The molecule has 4 nitrogen and oxygen atoms in total. The van der Waals surface area contributed by atoms with E-state index in [0.29, 0.717) is 11.4 Å². The highest BCUT2D eigenvalue weighted by Gasteiger charge is 2.28. The van der Waals surface area contributed by atoms with Gasteiger partial charge >= 0.3 is 0 Å². The number of rotatable bonds is 4. The van der Waals surface area contributed by atoms with E-state index in [4.69, 9.17) is 10.5 Å². The van der Waals surface area contributed by atoms with Gasteiger partial charge in [-0.3, -0.25) is 0 Å². The number of nitrogens with two attached hydrogens (primary N) is 1. The number of sulfone groups is 1. The number of nitrogen functional groups attached to an aromatic ring is 1. The fourth-order valence-corrected chi connectivity index (χ4v) is 2.49. The molecule has 0 spiro atoms. The molecular weight excluding hydrogens is 262 g/mol. The van der Waals surface area contributed by atoms with Gasteiger partial charge < -0.3 is 10.5 Å². The van der Waals surface area contributed by atoms with Crippen molar-refractivity contribution in [3.8, 4) is 5.75 Å². The summed E-state index contributed by atoms with van der Waals surface area (Å²) in [7, 11) is -3.16. The molecular formula is C14H23NO3S. The Morgan fingerprint density at radius 2 is 1.74 bits per heavy atom. The van der Waals surface area contributed by atoms with Gasteiger partial charge in [0.1, 0.15) is 12.4 Å². The van der Waals surface area contributed by atoms with Crippen molar-refractivity contribution in [3.05, 3.63) is 23.3 Å². The van der Waals surface area contributed by atoms with Crippen molar-refractivity contribution in [2.75, 3.05) is 18.1 Å². The third kappa shape index (κ3) is 3.86. The minimum Gasteiger partial charge on any atom is -0.492 e. The molecule has 19 heavy (non-hydrogen) atoms. The van der Waals surface area contributed by atoms with Gasteiger partial charge in [0, 0.05) is 11.8 Å². The third-order valence-corrected chi connectivity index (χ3v) is 5.68. The Bertz CT molecular complexity index is 557. The minimum absolute atomic E-state index is 0.00369. The van der Waals surface area contributed by atoms with Gasteiger partial charge in [-0.25, -0.2) is 8.42 Å². The second-order valence-electron chi connectivity index (χ2n) is 5.75. The average molecular weight is 285 g/mol. The monoisotopic (exact) mass is 285 g/mol. The van der Waals surface area contributed by atoms with Crippen LogP contribution in [0.1, 0.15) is 31.9 Å². The Hall–Kier alpha value is -1.23. The van der Waals surface area contributed by atoms with Gasteiger partial charge in [-0.1, -0.05) is 6.07 Å². The summed E-state index contributed by atoms with van der Waals surface area (Å²) in [6.45, 7) is 9.06. The van der Waals surface area contributed by atoms with E-state index in [0.717, 1.165) is 11.1 Å². The van der Waals surface area contributed by atoms with Gasteiger partial charge in [0.2, 0.25) is 0 Å². The first-order valence-electron chi connectivity index (χ1n) is 6.26. The average Bonchev–Trinajstić information content (AvgIpc) is 2.23. The van der Waals surface area contributed by atoms with Gasteiger partial charge in [0.15, 0.2) is 9.84 Å². The number of ether oxygens (including phenoxy) is 1. The first kappa shape index (κ1) is 15.8. The highest BCUT2D eigenvalue weighted by Crippen LogP contribution is 2.24. The maximum Gasteiger partial charge on any atom is 0.158 e. The van der Waals surface area contributed by atoms with Crippen molar-refractivity contribution in [1.82, 2.24) is 0 Å². The maximum atomic E-state index is 11.9. The zero-order chi connectivity index (χ0) is 14.8. The molecule has 108 valence electrons. The van der Waals surface area contributed by atoms with Crippen molar-refractivity contribution in [2.24, 2.45) is 0 Å². The van der Waals surface area contributed by atoms with Crippen molar-refractivity contribution in [2.45, 2.75) is 39.4 Å². The Kier molecular flexibility index (Phi) is 4.50. The summed E-state index contributed by atoms with van der Waals surface area (Å²) in [6.07, 6.45) is 0. The Morgan fingerprint density at radius 1 is 1.16 bits per heavy atom. The molecule has 0 saturated heterocycles. The number of hydrogen-bond donors (Lipinski definition) is 1. The molecule has 5 heteroatoms. The highest BCUT2D eigenvalue weighted by molar-refractivity contribution is 7.92. The van der Waals surface area contributed by atoms with Crippen molar-refractivity contribution in [3.63, 3.8) is 0 Å². The Balaban J connectivity index is 2.72. The fraction of sp³-hybridized carbons (Fsp3) is 0.571. The second kappa shape index (κ2) is 5.41. The lowest BCUT2D eigenvalue weighted by molar-refractivity contribution is 0.337. The van der Waals surface area contributed by atoms with Gasteiger partial charge in [0.25, 0.3) is 0 Å². The summed E-state index contributed by atoms with van der Waals surface area (Å²) in [5.74, 6) is 0.649. The molecule has 0 bridgehead atoms. The molecule has 0 unspecified atom stereocenters. The maximum absolute atomic E-state index is 11.9. The molecule has 0 aromatic heterocycles. The standard InChI is InChI=1S/C14H23NO3S/c1-10-8-11(2)13(9-12(10)15)18-6-7-19(16,17)14(3,4)5/h8-9H,6-7,15H2,1-5H3. The molecule has 1 aromatic rings. The predicted octanol–water partition coefficient (Wildman–Crippen LogP) is 2.48. The van der Waals surface area contributed by atoms with Gasteiger partial charge in [-0.05, 0) is 45.7 Å². The van der Waals surface area contributed by atoms with Crippen LogP contribution in [0.15, 0.2) is 12.1 Å². The lowest BCUT2D eigenvalue weighted by atomic mass is 10.1. The van der Waals surface area contributed by atoms with Crippen LogP contribution in [-0.2, 0) is 9.84 Å². The molecule has 0 radical (unpaired) electrons. The molecule has 2 N–H and O–H groups in total. The van der Waals surface area contributed by atoms with Crippen molar-refractivity contribution < 1.29 is 13.2 Å². The van der Waals surface area contributed by atoms with Crippen LogP contribution >= 0.6 is 0 Å². The first-order valence-corrected chi connectivity index (χ1v) is 7.91. The molecule has 0 fully saturated rings. The normalized spacial score (nSPS) is 12.5. The van der Waals surface area contributed by atoms with E-state index >= 15 is 0 Å². The largest absolute Gasteiger partial charge is 0.492 e. The summed E-state index contributed by atoms with van der Waals surface area (Å²) in [4.78, 5) is 0. The van der Waals surface area contributed by atoms with E-state index in [-0.39, 0.29) is 12.4 Å². The van der Waals surface area contributed by atoms with Crippen LogP contribution in [0.5, 0.6) is 5.75 Å². The zero-order valence-corrected chi connectivity index (χ0v) is 13.1. The first-order chi connectivity index (χ1) is 8.54. The molecule has 0 atom stereocenters. The number of anilines is 1. The van der Waals surface area contributed by atoms with Crippen LogP contribution in [0.3, 0.4) is 0 Å².